The number of rotatable bonds is 7. The van der Waals surface area contributed by atoms with E-state index in [-0.39, 0.29) is 46.0 Å². The van der Waals surface area contributed by atoms with Crippen LogP contribution < -0.4 is 0 Å². The van der Waals surface area contributed by atoms with E-state index in [9.17, 15) is 45.6 Å². The molecule has 5 aliphatic carbocycles. The summed E-state index contributed by atoms with van der Waals surface area (Å²) in [6.07, 6.45) is -2.37. The summed E-state index contributed by atoms with van der Waals surface area (Å²) in [5.41, 5.74) is 0.358. The van der Waals surface area contributed by atoms with Crippen molar-refractivity contribution in [1.29, 1.82) is 0 Å². The molecule has 7 rings (SSSR count). The lowest BCUT2D eigenvalue weighted by atomic mass is 9.34. The maximum absolute atomic E-state index is 14.0. The van der Waals surface area contributed by atoms with E-state index in [0.717, 1.165) is 44.9 Å². The molecule has 0 aromatic carbocycles. The van der Waals surface area contributed by atoms with Crippen LogP contribution in [0.2, 0.25) is 0 Å². The van der Waals surface area contributed by atoms with Crippen molar-refractivity contribution in [2.75, 3.05) is 19.8 Å². The molecule has 0 aromatic rings. The topological polar surface area (TPSA) is 216 Å². The molecule has 0 amide bonds. The first-order valence-corrected chi connectivity index (χ1v) is 20.4. The van der Waals surface area contributed by atoms with Gasteiger partial charge in [-0.25, -0.2) is 0 Å². The summed E-state index contributed by atoms with van der Waals surface area (Å²) in [6.45, 7) is 12.7. The highest BCUT2D eigenvalue weighted by Crippen LogP contribution is 2.75. The molecular formula is C41H66O13. The molecule has 2 heterocycles. The molecule has 13 heteroatoms. The Balaban J connectivity index is 1.13. The molecule has 13 nitrogen and oxygen atoms in total. The number of ether oxygens (including phenoxy) is 4. The van der Waals surface area contributed by atoms with E-state index in [0.29, 0.717) is 18.8 Å². The molecule has 6 fully saturated rings. The van der Waals surface area contributed by atoms with Gasteiger partial charge in [0.05, 0.1) is 31.8 Å². The second-order valence-electron chi connectivity index (χ2n) is 20.0. The minimum atomic E-state index is -1.65. The van der Waals surface area contributed by atoms with Crippen LogP contribution in [0.1, 0.15) is 99.3 Å². The van der Waals surface area contributed by atoms with Crippen molar-refractivity contribution < 1.29 is 64.6 Å². The van der Waals surface area contributed by atoms with Gasteiger partial charge in [-0.05, 0) is 103 Å². The number of aliphatic hydroxyl groups excluding tert-OH is 8. The van der Waals surface area contributed by atoms with Crippen LogP contribution in [-0.4, -0.2) is 128 Å². The molecule has 8 N–H and O–H groups in total. The summed E-state index contributed by atoms with van der Waals surface area (Å²) < 4.78 is 23.5. The van der Waals surface area contributed by atoms with Crippen LogP contribution in [0.3, 0.4) is 0 Å². The lowest BCUT2D eigenvalue weighted by molar-refractivity contribution is -0.295. The molecule has 0 bridgehead atoms. The summed E-state index contributed by atoms with van der Waals surface area (Å²) in [4.78, 5) is 14.0. The second-order valence-corrected chi connectivity index (χ2v) is 20.0. The van der Waals surface area contributed by atoms with Crippen LogP contribution in [0.25, 0.3) is 0 Å². The number of allylic oxidation sites excluding steroid dienone is 2. The minimum Gasteiger partial charge on any atom is -0.432 e. The number of hydrogen-bond acceptors (Lipinski definition) is 13. The van der Waals surface area contributed by atoms with Gasteiger partial charge in [-0.3, -0.25) is 4.79 Å². The zero-order valence-corrected chi connectivity index (χ0v) is 32.8. The van der Waals surface area contributed by atoms with Gasteiger partial charge in [0, 0.05) is 5.41 Å². The Kier molecular flexibility index (Phi) is 10.8. The first kappa shape index (κ1) is 40.9. The van der Waals surface area contributed by atoms with Crippen molar-refractivity contribution in [1.82, 2.24) is 0 Å². The fourth-order valence-corrected chi connectivity index (χ4v) is 13.6. The largest absolute Gasteiger partial charge is 0.432 e. The van der Waals surface area contributed by atoms with E-state index >= 15 is 0 Å². The monoisotopic (exact) mass is 766 g/mol. The molecule has 2 aliphatic heterocycles. The van der Waals surface area contributed by atoms with E-state index in [2.05, 4.69) is 47.6 Å². The fraction of sp³-hybridized carbons (Fsp3) is 0.927. The second kappa shape index (κ2) is 14.2. The average Bonchev–Trinajstić information content (AvgIpc) is 3.40. The van der Waals surface area contributed by atoms with Crippen molar-refractivity contribution in [3.63, 3.8) is 0 Å². The molecule has 7 aliphatic rings. The van der Waals surface area contributed by atoms with Gasteiger partial charge in [0.25, 0.3) is 0 Å². The molecule has 0 radical (unpaired) electrons. The average molecular weight is 767 g/mol. The summed E-state index contributed by atoms with van der Waals surface area (Å²) in [6, 6.07) is 0. The van der Waals surface area contributed by atoms with Gasteiger partial charge in [-0.15, -0.1) is 0 Å². The number of aliphatic hydroxyl groups is 8. The van der Waals surface area contributed by atoms with Crippen LogP contribution in [0, 0.1) is 56.7 Å². The predicted molar refractivity (Wildman–Crippen MR) is 193 cm³/mol. The molecule has 0 aromatic heterocycles. The molecule has 0 spiro atoms. The first-order valence-electron chi connectivity index (χ1n) is 20.4. The zero-order chi connectivity index (χ0) is 39.3. The highest BCUT2D eigenvalue weighted by Gasteiger charge is 2.69. The van der Waals surface area contributed by atoms with Gasteiger partial charge in [-0.1, -0.05) is 53.2 Å². The van der Waals surface area contributed by atoms with E-state index in [1.54, 1.807) is 0 Å². The van der Waals surface area contributed by atoms with Gasteiger partial charge in [0.2, 0.25) is 6.29 Å². The van der Waals surface area contributed by atoms with E-state index in [1.165, 1.54) is 5.57 Å². The lowest BCUT2D eigenvalue weighted by Gasteiger charge is -2.71. The minimum absolute atomic E-state index is 0.0317. The summed E-state index contributed by atoms with van der Waals surface area (Å²) >= 11 is 0. The Labute approximate surface area is 319 Å². The number of esters is 1. The molecular weight excluding hydrogens is 700 g/mol. The van der Waals surface area contributed by atoms with Crippen LogP contribution in [0.5, 0.6) is 0 Å². The molecule has 2 saturated heterocycles. The van der Waals surface area contributed by atoms with E-state index < -0.39 is 91.9 Å². The number of carbonyl (C=O) groups is 1. The Bertz CT molecular complexity index is 1440. The smallest absolute Gasteiger partial charge is 0.311 e. The summed E-state index contributed by atoms with van der Waals surface area (Å²) in [5.74, 6) is -0.284. The van der Waals surface area contributed by atoms with E-state index in [1.807, 2.05) is 0 Å². The van der Waals surface area contributed by atoms with Crippen LogP contribution >= 0.6 is 0 Å². The molecule has 4 saturated carbocycles. The van der Waals surface area contributed by atoms with Gasteiger partial charge in [0.1, 0.15) is 42.7 Å². The predicted octanol–water partition coefficient (Wildman–Crippen LogP) is 1.78. The van der Waals surface area contributed by atoms with Crippen molar-refractivity contribution in [2.24, 2.45) is 56.7 Å². The highest BCUT2D eigenvalue weighted by atomic mass is 16.7. The first-order chi connectivity index (χ1) is 25.3. The molecule has 54 heavy (non-hydrogen) atoms. The van der Waals surface area contributed by atoms with Gasteiger partial charge in [-0.2, -0.15) is 0 Å². The third kappa shape index (κ3) is 6.08. The normalized spacial score (nSPS) is 54.0. The zero-order valence-electron chi connectivity index (χ0n) is 32.8. The standard InChI is InChI=1S/C41H66O13/c1-37(2)15-21-20(22(16-37)34(50)54-36-33(49)31(47)29(45)24(17-42)52-36)9-13-40(5)23(21)7-8-27-38(3)12-11-28(53-35-32(48)30(46)25(18-43)51-35)39(4,19-44)26(38)10-14-41(27,40)6/h7,20-22,24-33,35-36,42-49H,8-19H2,1-6H3/t20-,21-,22-,24-,25-,26-,27-,28+,29-,30-,31+,32+,33-,35-,36+,38+,39+,40-,41-/m1/s1. The highest BCUT2D eigenvalue weighted by molar-refractivity contribution is 5.73. The van der Waals surface area contributed by atoms with Crippen molar-refractivity contribution >= 4 is 5.97 Å². The summed E-state index contributed by atoms with van der Waals surface area (Å²) in [5, 5.41) is 82.7. The van der Waals surface area contributed by atoms with Gasteiger partial charge < -0.3 is 59.8 Å². The maximum atomic E-state index is 14.0. The number of carbonyl (C=O) groups excluding carboxylic acids is 1. The van der Waals surface area contributed by atoms with Crippen molar-refractivity contribution in [3.05, 3.63) is 11.6 Å². The Morgan fingerprint density at radius 2 is 1.39 bits per heavy atom. The lowest BCUT2D eigenvalue weighted by Crippen LogP contribution is -2.65. The van der Waals surface area contributed by atoms with Gasteiger partial charge >= 0.3 is 5.97 Å². The molecule has 308 valence electrons. The van der Waals surface area contributed by atoms with E-state index in [4.69, 9.17) is 18.9 Å². The van der Waals surface area contributed by atoms with Crippen LogP contribution in [-0.2, 0) is 23.7 Å². The number of hydrogen-bond donors (Lipinski definition) is 8. The van der Waals surface area contributed by atoms with Gasteiger partial charge in [0.15, 0.2) is 6.29 Å². The summed E-state index contributed by atoms with van der Waals surface area (Å²) in [7, 11) is 0. The maximum Gasteiger partial charge on any atom is 0.311 e. The van der Waals surface area contributed by atoms with Crippen molar-refractivity contribution in [2.45, 2.75) is 161 Å². The van der Waals surface area contributed by atoms with Crippen LogP contribution in [0.4, 0.5) is 0 Å². The third-order valence-electron chi connectivity index (χ3n) is 16.7. The quantitative estimate of drug-likeness (QED) is 0.137. The fourth-order valence-electron chi connectivity index (χ4n) is 13.6. The number of fused-ring (bicyclic) bond motifs is 7. The van der Waals surface area contributed by atoms with Crippen molar-refractivity contribution in [3.8, 4) is 0 Å². The Hall–Kier alpha value is -1.23. The Morgan fingerprint density at radius 1 is 0.759 bits per heavy atom. The third-order valence-corrected chi connectivity index (χ3v) is 16.7. The molecule has 0 unspecified atom stereocenters. The molecule has 19 atom stereocenters. The SMILES string of the molecule is CC1(C)C[C@@H](C(=O)O[C@@H]2O[C@H](CO)[C@@H](O)[C@H](O)[C@H]2O)[C@@H]2CC[C@]3(C)C(=CC[C@@H]4[C@@]5(C)CC[C@H](O[C@H]6O[C@H](CO)[C@@H](O)[C@@H]6O)[C@@](C)(CO)[C@@H]5CC[C@]43C)[C@@H]2C1. The Morgan fingerprint density at radius 3 is 2.04 bits per heavy atom. The van der Waals surface area contributed by atoms with Crippen LogP contribution in [0.15, 0.2) is 11.6 Å².